The first-order chi connectivity index (χ1) is 11.0. The van der Waals surface area contributed by atoms with Crippen molar-refractivity contribution in [1.82, 2.24) is 0 Å². The normalized spacial score (nSPS) is 12.8. The van der Waals surface area contributed by atoms with Gasteiger partial charge in [0.2, 0.25) is 10.4 Å². The number of hydrogen-bond donors (Lipinski definition) is 0. The van der Waals surface area contributed by atoms with Gasteiger partial charge in [-0.2, -0.15) is 0 Å². The molecule has 0 spiro atoms. The maximum absolute atomic E-state index is 10.8. The Bertz CT molecular complexity index is 347. The van der Waals surface area contributed by atoms with Gasteiger partial charge in [0, 0.05) is 0 Å². The van der Waals surface area contributed by atoms with Crippen molar-refractivity contribution in [3.05, 3.63) is 0 Å². The van der Waals surface area contributed by atoms with E-state index in [4.69, 9.17) is 4.18 Å². The Morgan fingerprint density at radius 3 is 1.38 bits per heavy atom. The second kappa shape index (κ2) is 18.7. The van der Waals surface area contributed by atoms with Crippen molar-refractivity contribution in [3.63, 3.8) is 0 Å². The van der Waals surface area contributed by atoms with Crippen LogP contribution in [-0.4, -0.2) is 19.1 Å². The topological polar surface area (TPSA) is 66.4 Å². The van der Waals surface area contributed by atoms with E-state index in [0.717, 1.165) is 25.7 Å². The quantitative estimate of drug-likeness (QED) is 0.170. The fourth-order valence-electron chi connectivity index (χ4n) is 2.89. The van der Waals surface area contributed by atoms with E-state index in [9.17, 15) is 13.0 Å². The number of rotatable bonds is 17. The minimum Gasteiger partial charge on any atom is -0.726 e. The van der Waals surface area contributed by atoms with Gasteiger partial charge in [0.15, 0.2) is 0 Å². The molecule has 140 valence electrons. The molecule has 6 heteroatoms. The van der Waals surface area contributed by atoms with Gasteiger partial charge in [0.25, 0.3) is 0 Å². The van der Waals surface area contributed by atoms with Crippen molar-refractivity contribution in [2.45, 2.75) is 116 Å². The van der Waals surface area contributed by atoms with E-state index in [1.165, 1.54) is 57.8 Å². The molecule has 0 heterocycles. The van der Waals surface area contributed by atoms with Gasteiger partial charge < -0.3 is 4.55 Å². The smallest absolute Gasteiger partial charge is 0.726 e. The van der Waals surface area contributed by atoms with Gasteiger partial charge in [-0.1, -0.05) is 97.3 Å². The monoisotopic (exact) mass is 372 g/mol. The van der Waals surface area contributed by atoms with Crippen LogP contribution in [-0.2, 0) is 14.6 Å². The van der Waals surface area contributed by atoms with Crippen molar-refractivity contribution in [3.8, 4) is 0 Å². The van der Waals surface area contributed by atoms with Gasteiger partial charge in [-0.3, -0.25) is 4.18 Å². The Morgan fingerprint density at radius 1 is 0.708 bits per heavy atom. The molecule has 0 saturated carbocycles. The van der Waals surface area contributed by atoms with Crippen LogP contribution < -0.4 is 29.6 Å². The molecule has 0 bridgehead atoms. The van der Waals surface area contributed by atoms with E-state index < -0.39 is 16.5 Å². The van der Waals surface area contributed by atoms with E-state index in [1.54, 1.807) is 0 Å². The summed E-state index contributed by atoms with van der Waals surface area (Å²) in [5, 5.41) is 0. The molecule has 0 aliphatic carbocycles. The van der Waals surface area contributed by atoms with Crippen molar-refractivity contribution in [1.29, 1.82) is 0 Å². The molecule has 0 saturated heterocycles. The molecule has 0 rings (SSSR count). The molecule has 0 aromatic heterocycles. The molecular formula is C18H37NaO4S. The van der Waals surface area contributed by atoms with Crippen LogP contribution in [0, 0.1) is 0 Å². The minimum atomic E-state index is -4.58. The van der Waals surface area contributed by atoms with E-state index in [-0.39, 0.29) is 29.6 Å². The summed E-state index contributed by atoms with van der Waals surface area (Å²) in [6.07, 6.45) is 16.2. The summed E-state index contributed by atoms with van der Waals surface area (Å²) >= 11 is 0. The summed E-state index contributed by atoms with van der Waals surface area (Å²) in [5.74, 6) is 0. The third-order valence-electron chi connectivity index (χ3n) is 4.26. The molecule has 4 nitrogen and oxygen atoms in total. The van der Waals surface area contributed by atoms with Gasteiger partial charge in [0.1, 0.15) is 0 Å². The zero-order chi connectivity index (χ0) is 17.4. The van der Waals surface area contributed by atoms with E-state index in [0.29, 0.717) is 12.8 Å². The van der Waals surface area contributed by atoms with Crippen LogP contribution in [0.25, 0.3) is 0 Å². The van der Waals surface area contributed by atoms with Crippen LogP contribution in [0.5, 0.6) is 0 Å². The van der Waals surface area contributed by atoms with Crippen molar-refractivity contribution < 1.29 is 46.7 Å². The summed E-state index contributed by atoms with van der Waals surface area (Å²) in [6.45, 7) is 4.38. The Labute approximate surface area is 172 Å². The third-order valence-corrected chi connectivity index (χ3v) is 4.77. The Hall–Kier alpha value is 0.870. The zero-order valence-electron chi connectivity index (χ0n) is 16.2. The van der Waals surface area contributed by atoms with Gasteiger partial charge in [-0.15, -0.1) is 0 Å². The summed E-state index contributed by atoms with van der Waals surface area (Å²) in [5.41, 5.74) is 0. The molecule has 0 radical (unpaired) electrons. The van der Waals surface area contributed by atoms with Gasteiger partial charge >= 0.3 is 29.6 Å². The Morgan fingerprint density at radius 2 is 1.04 bits per heavy atom. The third kappa shape index (κ3) is 20.9. The maximum Gasteiger partial charge on any atom is 1.00 e. The molecule has 0 aliphatic heterocycles. The number of hydrogen-bond acceptors (Lipinski definition) is 4. The molecule has 0 aliphatic rings. The minimum absolute atomic E-state index is 0. The summed E-state index contributed by atoms with van der Waals surface area (Å²) < 4.78 is 37.2. The average molecular weight is 373 g/mol. The van der Waals surface area contributed by atoms with Crippen LogP contribution in [0.2, 0.25) is 0 Å². The van der Waals surface area contributed by atoms with Crippen molar-refractivity contribution >= 4 is 10.4 Å². The van der Waals surface area contributed by atoms with Crippen molar-refractivity contribution in [2.24, 2.45) is 0 Å². The van der Waals surface area contributed by atoms with Gasteiger partial charge in [-0.05, 0) is 12.8 Å². The van der Waals surface area contributed by atoms with Crippen LogP contribution >= 0.6 is 0 Å². The molecule has 0 fully saturated rings. The first-order valence-corrected chi connectivity index (χ1v) is 11.0. The van der Waals surface area contributed by atoms with E-state index in [1.807, 2.05) is 0 Å². The standard InChI is InChI=1S/C18H38O4S.Na/c1-3-5-7-9-10-11-13-15-17-18(22-23(19,20)21)16-14-12-8-6-4-2;/h18H,3-17H2,1-2H3,(H,19,20,21);/q;+1/p-1. The van der Waals surface area contributed by atoms with Crippen LogP contribution in [0.15, 0.2) is 0 Å². The SMILES string of the molecule is CCCCCCCCCCC(CCCCCCC)OS(=O)(=O)[O-].[Na+]. The first kappa shape index (κ1) is 27.1. The predicted molar refractivity (Wildman–Crippen MR) is 95.2 cm³/mol. The summed E-state index contributed by atoms with van der Waals surface area (Å²) in [6, 6.07) is 0. The molecule has 1 unspecified atom stereocenters. The second-order valence-corrected chi connectivity index (χ2v) is 7.60. The van der Waals surface area contributed by atoms with E-state index in [2.05, 4.69) is 13.8 Å². The Kier molecular flexibility index (Phi) is 21.1. The van der Waals surface area contributed by atoms with Crippen LogP contribution in [0.3, 0.4) is 0 Å². The number of unbranched alkanes of at least 4 members (excludes halogenated alkanes) is 11. The molecule has 0 amide bonds. The van der Waals surface area contributed by atoms with Crippen molar-refractivity contribution in [2.75, 3.05) is 0 Å². The molecule has 0 N–H and O–H groups in total. The second-order valence-electron chi connectivity index (χ2n) is 6.59. The average Bonchev–Trinajstić information content (AvgIpc) is 2.48. The fraction of sp³-hybridized carbons (Fsp3) is 1.00. The van der Waals surface area contributed by atoms with E-state index >= 15 is 0 Å². The molecule has 24 heavy (non-hydrogen) atoms. The largest absolute Gasteiger partial charge is 1.00 e. The van der Waals surface area contributed by atoms with Crippen LogP contribution in [0.4, 0.5) is 0 Å². The Balaban J connectivity index is 0. The van der Waals surface area contributed by atoms with Crippen LogP contribution in [0.1, 0.15) is 110 Å². The first-order valence-electron chi connectivity index (χ1n) is 9.63. The zero-order valence-corrected chi connectivity index (χ0v) is 19.0. The molecule has 0 aromatic carbocycles. The molecule has 0 aromatic rings. The van der Waals surface area contributed by atoms with Gasteiger partial charge in [-0.25, -0.2) is 8.42 Å². The maximum atomic E-state index is 10.8. The summed E-state index contributed by atoms with van der Waals surface area (Å²) in [7, 11) is -4.58. The molecule has 1 atom stereocenters. The predicted octanol–water partition coefficient (Wildman–Crippen LogP) is 2.73. The van der Waals surface area contributed by atoms with Gasteiger partial charge in [0.05, 0.1) is 6.10 Å². The fourth-order valence-corrected chi connectivity index (χ4v) is 3.41. The summed E-state index contributed by atoms with van der Waals surface area (Å²) in [4.78, 5) is 0. The molecular weight excluding hydrogens is 335 g/mol.